The number of hydrogen-bond donors (Lipinski definition) is 4. The van der Waals surface area contributed by atoms with Crippen molar-refractivity contribution in [3.05, 3.63) is 0 Å². The highest BCUT2D eigenvalue weighted by Crippen LogP contribution is 2.14. The topological polar surface area (TPSA) is 48.1 Å². The van der Waals surface area contributed by atoms with Gasteiger partial charge in [0.15, 0.2) is 0 Å². The zero-order chi connectivity index (χ0) is 21.4. The van der Waals surface area contributed by atoms with Crippen LogP contribution in [0.25, 0.3) is 0 Å². The van der Waals surface area contributed by atoms with Gasteiger partial charge in [-0.3, -0.25) is 0 Å². The third-order valence-corrected chi connectivity index (χ3v) is 6.45. The van der Waals surface area contributed by atoms with Crippen LogP contribution in [0.3, 0.4) is 0 Å². The number of nitrogens with one attached hydrogen (secondary N) is 4. The summed E-state index contributed by atoms with van der Waals surface area (Å²) in [6.07, 6.45) is 22.2. The molecule has 0 aromatic heterocycles. The Morgan fingerprint density at radius 1 is 0.467 bits per heavy atom. The fraction of sp³-hybridized carbons (Fsp3) is 1.00. The van der Waals surface area contributed by atoms with Crippen LogP contribution in [0.4, 0.5) is 0 Å². The lowest BCUT2D eigenvalue weighted by molar-refractivity contribution is 0.393. The highest BCUT2D eigenvalue weighted by molar-refractivity contribution is 4.67. The van der Waals surface area contributed by atoms with Gasteiger partial charge in [0.1, 0.15) is 0 Å². The van der Waals surface area contributed by atoms with E-state index in [4.69, 9.17) is 0 Å². The van der Waals surface area contributed by atoms with E-state index in [1.807, 2.05) is 0 Å². The van der Waals surface area contributed by atoms with E-state index in [0.29, 0.717) is 0 Å². The van der Waals surface area contributed by atoms with Crippen molar-refractivity contribution in [2.45, 2.75) is 110 Å². The molecule has 0 saturated carbocycles. The Kier molecular flexibility index (Phi) is 21.8. The standard InChI is InChI=1S/C26H56N4/c1-2-3-4-5-6-7-8-9-10-11-17-26-24-29-20-14-12-18-27-22-16-23-28-19-13-15-21-30-25-26/h26-30H,2-25H2,1H3. The molecule has 1 rings (SSSR count). The first kappa shape index (κ1) is 27.9. The summed E-state index contributed by atoms with van der Waals surface area (Å²) in [4.78, 5) is 0. The van der Waals surface area contributed by atoms with Crippen molar-refractivity contribution in [1.82, 2.24) is 21.3 Å². The molecular weight excluding hydrogens is 368 g/mol. The number of unbranched alkanes of at least 4 members (excludes halogenated alkanes) is 9. The van der Waals surface area contributed by atoms with E-state index in [9.17, 15) is 0 Å². The molecule has 180 valence electrons. The van der Waals surface area contributed by atoms with Crippen LogP contribution < -0.4 is 21.3 Å². The molecule has 0 aromatic carbocycles. The van der Waals surface area contributed by atoms with E-state index in [1.54, 1.807) is 0 Å². The van der Waals surface area contributed by atoms with E-state index in [0.717, 1.165) is 19.0 Å². The van der Waals surface area contributed by atoms with Crippen molar-refractivity contribution in [3.63, 3.8) is 0 Å². The predicted molar refractivity (Wildman–Crippen MR) is 135 cm³/mol. The highest BCUT2D eigenvalue weighted by atomic mass is 14.9. The normalized spacial score (nSPS) is 19.9. The SMILES string of the molecule is CCCCCCCCCCCCC1CNCCCCNCCCNCCCCNC1. The fourth-order valence-corrected chi connectivity index (χ4v) is 4.40. The van der Waals surface area contributed by atoms with E-state index < -0.39 is 0 Å². The molecule has 0 bridgehead atoms. The Hall–Kier alpha value is -0.160. The summed E-state index contributed by atoms with van der Waals surface area (Å²) in [5.41, 5.74) is 0. The van der Waals surface area contributed by atoms with Gasteiger partial charge in [-0.05, 0) is 96.8 Å². The Morgan fingerprint density at radius 3 is 1.37 bits per heavy atom. The van der Waals surface area contributed by atoms with Gasteiger partial charge in [-0.1, -0.05) is 71.1 Å². The molecule has 4 nitrogen and oxygen atoms in total. The minimum Gasteiger partial charge on any atom is -0.317 e. The third-order valence-electron chi connectivity index (χ3n) is 6.45. The largest absolute Gasteiger partial charge is 0.317 e. The zero-order valence-corrected chi connectivity index (χ0v) is 20.5. The van der Waals surface area contributed by atoms with Gasteiger partial charge in [-0.2, -0.15) is 0 Å². The maximum absolute atomic E-state index is 3.75. The summed E-state index contributed by atoms with van der Waals surface area (Å²) < 4.78 is 0. The van der Waals surface area contributed by atoms with Crippen molar-refractivity contribution in [1.29, 1.82) is 0 Å². The van der Waals surface area contributed by atoms with E-state index in [-0.39, 0.29) is 0 Å². The highest BCUT2D eigenvalue weighted by Gasteiger charge is 2.08. The van der Waals surface area contributed by atoms with Crippen LogP contribution in [0.5, 0.6) is 0 Å². The maximum atomic E-state index is 3.75. The van der Waals surface area contributed by atoms with Gasteiger partial charge in [0, 0.05) is 0 Å². The molecule has 0 atom stereocenters. The maximum Gasteiger partial charge on any atom is -0.000838 e. The molecule has 30 heavy (non-hydrogen) atoms. The molecule has 1 aliphatic rings. The first-order chi connectivity index (χ1) is 14.9. The molecule has 0 radical (unpaired) electrons. The Balaban J connectivity index is 2.10. The molecule has 0 amide bonds. The van der Waals surface area contributed by atoms with Crippen LogP contribution in [0.1, 0.15) is 110 Å². The van der Waals surface area contributed by atoms with Crippen LogP contribution in [0.15, 0.2) is 0 Å². The lowest BCUT2D eigenvalue weighted by atomic mass is 9.99. The number of hydrogen-bond acceptors (Lipinski definition) is 4. The number of rotatable bonds is 11. The molecule has 1 fully saturated rings. The van der Waals surface area contributed by atoms with Crippen molar-refractivity contribution >= 4 is 0 Å². The lowest BCUT2D eigenvalue weighted by Crippen LogP contribution is -2.33. The van der Waals surface area contributed by atoms with Crippen molar-refractivity contribution < 1.29 is 0 Å². The third kappa shape index (κ3) is 19.8. The molecule has 0 unspecified atom stereocenters. The summed E-state index contributed by atoms with van der Waals surface area (Å²) in [6, 6.07) is 0. The second-order valence-electron chi connectivity index (χ2n) is 9.51. The molecule has 1 saturated heterocycles. The van der Waals surface area contributed by atoms with Crippen LogP contribution in [0.2, 0.25) is 0 Å². The summed E-state index contributed by atoms with van der Waals surface area (Å²) in [5, 5.41) is 14.7. The average Bonchev–Trinajstić information content (AvgIpc) is 2.76. The molecule has 0 aromatic rings. The fourth-order valence-electron chi connectivity index (χ4n) is 4.40. The van der Waals surface area contributed by atoms with Crippen LogP contribution in [0, 0.1) is 5.92 Å². The van der Waals surface area contributed by atoms with Crippen LogP contribution >= 0.6 is 0 Å². The molecule has 1 heterocycles. The minimum atomic E-state index is 0.800. The monoisotopic (exact) mass is 424 g/mol. The lowest BCUT2D eigenvalue weighted by Gasteiger charge is -2.19. The molecule has 0 aliphatic carbocycles. The molecule has 1 aliphatic heterocycles. The minimum absolute atomic E-state index is 0.800. The van der Waals surface area contributed by atoms with Gasteiger partial charge in [0.25, 0.3) is 0 Å². The van der Waals surface area contributed by atoms with E-state index in [2.05, 4.69) is 28.2 Å². The second-order valence-corrected chi connectivity index (χ2v) is 9.51. The van der Waals surface area contributed by atoms with Gasteiger partial charge in [0.2, 0.25) is 0 Å². The summed E-state index contributed by atoms with van der Waals surface area (Å²) in [7, 11) is 0. The second kappa shape index (κ2) is 23.5. The summed E-state index contributed by atoms with van der Waals surface area (Å²) in [6.45, 7) is 11.7. The van der Waals surface area contributed by atoms with Crippen molar-refractivity contribution in [3.8, 4) is 0 Å². The van der Waals surface area contributed by atoms with Crippen LogP contribution in [-0.4, -0.2) is 52.4 Å². The van der Waals surface area contributed by atoms with Gasteiger partial charge in [-0.25, -0.2) is 0 Å². The van der Waals surface area contributed by atoms with E-state index in [1.165, 1.54) is 142 Å². The van der Waals surface area contributed by atoms with Gasteiger partial charge < -0.3 is 21.3 Å². The smallest absolute Gasteiger partial charge is 0.000838 e. The average molecular weight is 425 g/mol. The molecular formula is C26H56N4. The zero-order valence-electron chi connectivity index (χ0n) is 20.5. The Labute approximate surface area is 189 Å². The molecule has 0 spiro atoms. The Morgan fingerprint density at radius 2 is 0.867 bits per heavy atom. The van der Waals surface area contributed by atoms with Crippen molar-refractivity contribution in [2.75, 3.05) is 52.4 Å². The first-order valence-corrected chi connectivity index (χ1v) is 13.8. The van der Waals surface area contributed by atoms with Gasteiger partial charge in [0.05, 0.1) is 0 Å². The summed E-state index contributed by atoms with van der Waals surface area (Å²) >= 11 is 0. The Bertz CT molecular complexity index is 306. The first-order valence-electron chi connectivity index (χ1n) is 13.8. The van der Waals surface area contributed by atoms with Crippen molar-refractivity contribution in [2.24, 2.45) is 5.92 Å². The predicted octanol–water partition coefficient (Wildman–Crippen LogP) is 5.24. The molecule has 4 N–H and O–H groups in total. The summed E-state index contributed by atoms with van der Waals surface area (Å²) in [5.74, 6) is 0.800. The van der Waals surface area contributed by atoms with Crippen LogP contribution in [-0.2, 0) is 0 Å². The quantitative estimate of drug-likeness (QED) is 0.343. The van der Waals surface area contributed by atoms with Gasteiger partial charge in [-0.15, -0.1) is 0 Å². The van der Waals surface area contributed by atoms with Gasteiger partial charge >= 0.3 is 0 Å². The van der Waals surface area contributed by atoms with E-state index >= 15 is 0 Å². The molecule has 4 heteroatoms.